The highest BCUT2D eigenvalue weighted by molar-refractivity contribution is 5.98. The Kier molecular flexibility index (Phi) is 4.87. The van der Waals surface area contributed by atoms with Gasteiger partial charge in [-0.2, -0.15) is 0 Å². The summed E-state index contributed by atoms with van der Waals surface area (Å²) in [6, 6.07) is 2.02. The summed E-state index contributed by atoms with van der Waals surface area (Å²) in [6.45, 7) is 2.62. The molecule has 4 rings (SSSR count). The first-order valence-electron chi connectivity index (χ1n) is 10.3. The van der Waals surface area contributed by atoms with Crippen molar-refractivity contribution < 1.29 is 24.2 Å². The molecule has 0 bridgehead atoms. The number of hydrogen-bond acceptors (Lipinski definition) is 5. The van der Waals surface area contributed by atoms with Crippen molar-refractivity contribution in [3.8, 4) is 11.5 Å². The second kappa shape index (κ2) is 7.17. The SMILES string of the molecule is CCc1cc(CCC2(C3CCCC3)CC(=O)CC(=O)O2)c2c(c1O)CCO2. The van der Waals surface area contributed by atoms with Crippen LogP contribution >= 0.6 is 0 Å². The van der Waals surface area contributed by atoms with Gasteiger partial charge in [0.25, 0.3) is 0 Å². The highest BCUT2D eigenvalue weighted by atomic mass is 16.6. The smallest absolute Gasteiger partial charge is 0.313 e. The molecule has 1 aliphatic carbocycles. The molecule has 2 heterocycles. The third-order valence-electron chi connectivity index (χ3n) is 6.56. The Morgan fingerprint density at radius 2 is 2.00 bits per heavy atom. The van der Waals surface area contributed by atoms with Gasteiger partial charge in [0.2, 0.25) is 0 Å². The minimum Gasteiger partial charge on any atom is -0.507 e. The van der Waals surface area contributed by atoms with E-state index in [1.165, 1.54) is 0 Å². The summed E-state index contributed by atoms with van der Waals surface area (Å²) in [5, 5.41) is 10.4. The number of phenols is 1. The third-order valence-corrected chi connectivity index (χ3v) is 6.56. The fourth-order valence-corrected chi connectivity index (χ4v) is 5.19. The van der Waals surface area contributed by atoms with E-state index >= 15 is 0 Å². The van der Waals surface area contributed by atoms with Gasteiger partial charge in [-0.25, -0.2) is 0 Å². The van der Waals surface area contributed by atoms with Crippen LogP contribution in [-0.4, -0.2) is 29.1 Å². The van der Waals surface area contributed by atoms with Crippen molar-refractivity contribution >= 4 is 11.8 Å². The number of Topliss-reactive ketones (excluding diaryl/α,β-unsaturated/α-hetero) is 1. The number of ketones is 1. The first-order valence-corrected chi connectivity index (χ1v) is 10.3. The van der Waals surface area contributed by atoms with E-state index < -0.39 is 5.60 Å². The lowest BCUT2D eigenvalue weighted by Gasteiger charge is -2.41. The molecule has 1 saturated heterocycles. The van der Waals surface area contributed by atoms with Gasteiger partial charge in [0, 0.05) is 18.4 Å². The van der Waals surface area contributed by atoms with E-state index in [2.05, 4.69) is 0 Å². The molecule has 2 aliphatic heterocycles. The van der Waals surface area contributed by atoms with Crippen molar-refractivity contribution in [2.75, 3.05) is 6.61 Å². The van der Waals surface area contributed by atoms with E-state index in [4.69, 9.17) is 9.47 Å². The Hall–Kier alpha value is -2.04. The molecule has 1 aromatic carbocycles. The number of carbonyl (C=O) groups is 2. The molecule has 0 radical (unpaired) electrons. The molecule has 2 fully saturated rings. The Bertz CT molecular complexity index is 744. The van der Waals surface area contributed by atoms with E-state index in [1.807, 2.05) is 13.0 Å². The van der Waals surface area contributed by atoms with Crippen LogP contribution in [0.5, 0.6) is 11.5 Å². The monoisotopic (exact) mass is 372 g/mol. The van der Waals surface area contributed by atoms with Gasteiger partial charge in [-0.3, -0.25) is 9.59 Å². The van der Waals surface area contributed by atoms with Gasteiger partial charge in [0.05, 0.1) is 6.61 Å². The minimum absolute atomic E-state index is 0.000387. The Balaban J connectivity index is 1.63. The number of cyclic esters (lactones) is 1. The first kappa shape index (κ1) is 18.3. The third kappa shape index (κ3) is 3.32. The summed E-state index contributed by atoms with van der Waals surface area (Å²) >= 11 is 0. The summed E-state index contributed by atoms with van der Waals surface area (Å²) in [6.07, 6.45) is 7.36. The van der Waals surface area contributed by atoms with Crippen molar-refractivity contribution in [1.29, 1.82) is 0 Å². The maximum Gasteiger partial charge on any atom is 0.313 e. The van der Waals surface area contributed by atoms with Crippen molar-refractivity contribution in [2.45, 2.75) is 76.7 Å². The molecule has 0 aromatic heterocycles. The predicted octanol–water partition coefficient (Wildman–Crippen LogP) is 3.66. The summed E-state index contributed by atoms with van der Waals surface area (Å²) < 4.78 is 11.7. The number of phenolic OH excluding ortho intramolecular Hbond substituents is 1. The van der Waals surface area contributed by atoms with E-state index in [0.717, 1.165) is 61.0 Å². The van der Waals surface area contributed by atoms with Gasteiger partial charge in [0.1, 0.15) is 29.3 Å². The first-order chi connectivity index (χ1) is 13.0. The Morgan fingerprint density at radius 3 is 2.70 bits per heavy atom. The highest BCUT2D eigenvalue weighted by Gasteiger charge is 2.48. The van der Waals surface area contributed by atoms with Crippen LogP contribution in [0.1, 0.15) is 68.6 Å². The van der Waals surface area contributed by atoms with Crippen molar-refractivity contribution in [3.63, 3.8) is 0 Å². The van der Waals surface area contributed by atoms with Crippen molar-refractivity contribution in [2.24, 2.45) is 5.92 Å². The Morgan fingerprint density at radius 1 is 1.22 bits per heavy atom. The topological polar surface area (TPSA) is 72.8 Å². The average molecular weight is 372 g/mol. The lowest BCUT2D eigenvalue weighted by atomic mass is 9.76. The van der Waals surface area contributed by atoms with Crippen molar-refractivity contribution in [3.05, 3.63) is 22.8 Å². The van der Waals surface area contributed by atoms with Crippen LogP contribution < -0.4 is 4.74 Å². The number of esters is 1. The van der Waals surface area contributed by atoms with E-state index in [-0.39, 0.29) is 24.1 Å². The zero-order valence-electron chi connectivity index (χ0n) is 16.0. The van der Waals surface area contributed by atoms with E-state index in [0.29, 0.717) is 31.6 Å². The molecule has 1 unspecified atom stereocenters. The fourth-order valence-electron chi connectivity index (χ4n) is 5.19. The van der Waals surface area contributed by atoms with Gasteiger partial charge in [0.15, 0.2) is 0 Å². The van der Waals surface area contributed by atoms with Crippen LogP contribution in [0.25, 0.3) is 0 Å². The summed E-state index contributed by atoms with van der Waals surface area (Å²) in [7, 11) is 0. The van der Waals surface area contributed by atoms with E-state index in [1.54, 1.807) is 0 Å². The lowest BCUT2D eigenvalue weighted by Crippen LogP contribution is -2.48. The number of benzene rings is 1. The van der Waals surface area contributed by atoms with Crippen LogP contribution in [0, 0.1) is 5.92 Å². The maximum atomic E-state index is 12.2. The standard InChI is InChI=1S/C22H28O5/c1-2-14-11-15(21-18(20(14)25)8-10-26-21)7-9-22(16-5-3-4-6-16)13-17(23)12-19(24)27-22/h11,16,25H,2-10,12-13H2,1H3. The number of aryl methyl sites for hydroxylation is 2. The van der Waals surface area contributed by atoms with Gasteiger partial charge < -0.3 is 14.6 Å². The lowest BCUT2D eigenvalue weighted by molar-refractivity contribution is -0.178. The van der Waals surface area contributed by atoms with Crippen LogP contribution in [0.15, 0.2) is 6.07 Å². The molecule has 146 valence electrons. The highest BCUT2D eigenvalue weighted by Crippen LogP contribution is 2.45. The molecule has 1 saturated carbocycles. The molecule has 27 heavy (non-hydrogen) atoms. The number of fused-ring (bicyclic) bond motifs is 1. The number of hydrogen-bond donors (Lipinski definition) is 1. The molecular formula is C22H28O5. The summed E-state index contributed by atoms with van der Waals surface area (Å²) in [5.41, 5.74) is 2.22. The van der Waals surface area contributed by atoms with Gasteiger partial charge >= 0.3 is 5.97 Å². The molecule has 5 nitrogen and oxygen atoms in total. The van der Waals surface area contributed by atoms with Gasteiger partial charge in [-0.15, -0.1) is 0 Å². The number of aromatic hydroxyl groups is 1. The molecule has 3 aliphatic rings. The summed E-state index contributed by atoms with van der Waals surface area (Å²) in [4.78, 5) is 24.3. The molecule has 5 heteroatoms. The zero-order valence-corrected chi connectivity index (χ0v) is 16.0. The Labute approximate surface area is 160 Å². The molecule has 1 aromatic rings. The van der Waals surface area contributed by atoms with Crippen LogP contribution in [-0.2, 0) is 33.6 Å². The van der Waals surface area contributed by atoms with E-state index in [9.17, 15) is 14.7 Å². The fraction of sp³-hybridized carbons (Fsp3) is 0.636. The summed E-state index contributed by atoms with van der Waals surface area (Å²) in [5.74, 6) is 1.04. The number of ether oxygens (including phenoxy) is 2. The second-order valence-electron chi connectivity index (χ2n) is 8.22. The van der Waals surface area contributed by atoms with Gasteiger partial charge in [-0.05, 0) is 55.2 Å². The molecule has 0 amide bonds. The average Bonchev–Trinajstić information content (AvgIpc) is 3.32. The second-order valence-corrected chi connectivity index (χ2v) is 8.22. The number of carbonyl (C=O) groups excluding carboxylic acids is 2. The van der Waals surface area contributed by atoms with Crippen LogP contribution in [0.4, 0.5) is 0 Å². The quantitative estimate of drug-likeness (QED) is 0.631. The van der Waals surface area contributed by atoms with Crippen molar-refractivity contribution in [1.82, 2.24) is 0 Å². The normalized spacial score (nSPS) is 25.4. The largest absolute Gasteiger partial charge is 0.507 e. The molecule has 0 spiro atoms. The number of rotatable bonds is 5. The van der Waals surface area contributed by atoms with Gasteiger partial charge in [-0.1, -0.05) is 19.8 Å². The predicted molar refractivity (Wildman–Crippen MR) is 100 cm³/mol. The maximum absolute atomic E-state index is 12.2. The molecule has 1 atom stereocenters. The molecule has 1 N–H and O–H groups in total. The zero-order chi connectivity index (χ0) is 19.0. The van der Waals surface area contributed by atoms with Crippen LogP contribution in [0.3, 0.4) is 0 Å². The minimum atomic E-state index is -0.668. The van der Waals surface area contributed by atoms with Crippen LogP contribution in [0.2, 0.25) is 0 Å². The molecular weight excluding hydrogens is 344 g/mol.